The fraction of sp³-hybridized carbons (Fsp3) is 0.111. The molecule has 0 saturated carbocycles. The molecule has 0 radical (unpaired) electrons. The van der Waals surface area contributed by atoms with Crippen LogP contribution in [0.15, 0.2) is 18.2 Å². The normalized spacial score (nSPS) is 7.81. The molecule has 0 spiro atoms. The monoisotopic (exact) mass is 242 g/mol. The first kappa shape index (κ1) is 21.4. The molecule has 1 aromatic rings. The molecule has 1 aromatic carbocycles. The summed E-state index contributed by atoms with van der Waals surface area (Å²) in [7, 11) is 0. The predicted octanol–water partition coefficient (Wildman–Crippen LogP) is -8.09. The molecule has 76 valence electrons. The van der Waals surface area contributed by atoms with E-state index in [1.165, 1.54) is 12.1 Å². The molecule has 1 rings (SSSR count). The molecule has 0 amide bonds. The van der Waals surface area contributed by atoms with Crippen LogP contribution in [-0.2, 0) is 0 Å². The maximum atomic E-state index is 10.4. The Morgan fingerprint density at radius 2 is 1.25 bits per heavy atom. The Kier molecular flexibility index (Phi) is 12.3. The van der Waals surface area contributed by atoms with Crippen molar-refractivity contribution in [2.75, 3.05) is 0 Å². The first-order chi connectivity index (χ1) is 6.00. The van der Waals surface area contributed by atoms with Gasteiger partial charge in [-0.25, -0.2) is 0 Å². The summed E-state index contributed by atoms with van der Waals surface area (Å²) in [5.74, 6) is -2.79. The van der Waals surface area contributed by atoms with Crippen LogP contribution in [0.2, 0.25) is 0 Å². The number of carboxylic acids is 2. The van der Waals surface area contributed by atoms with Crippen LogP contribution in [0.5, 0.6) is 0 Å². The van der Waals surface area contributed by atoms with Gasteiger partial charge in [-0.15, -0.1) is 0 Å². The fourth-order valence-corrected chi connectivity index (χ4v) is 1.02. The van der Waals surface area contributed by atoms with Crippen LogP contribution in [0.4, 0.5) is 0 Å². The van der Waals surface area contributed by atoms with Gasteiger partial charge in [0.2, 0.25) is 0 Å². The molecule has 0 aliphatic rings. The van der Waals surface area contributed by atoms with E-state index in [0.717, 1.165) is 6.07 Å². The van der Waals surface area contributed by atoms with Crippen molar-refractivity contribution < 1.29 is 84.4 Å². The van der Waals surface area contributed by atoms with E-state index in [4.69, 9.17) is 0 Å². The van der Waals surface area contributed by atoms with Crippen LogP contribution in [0, 0.1) is 6.92 Å². The van der Waals surface area contributed by atoms with Gasteiger partial charge in [0.15, 0.2) is 0 Å². The summed E-state index contributed by atoms with van der Waals surface area (Å²) in [5.41, 5.74) is 0.235. The third kappa shape index (κ3) is 6.00. The smallest absolute Gasteiger partial charge is 0.545 e. The van der Waals surface area contributed by atoms with E-state index >= 15 is 0 Å². The minimum Gasteiger partial charge on any atom is -0.545 e. The second-order valence-electron chi connectivity index (χ2n) is 2.66. The molecular formula is C9H8Na2O5. The number of carboxylic acid groups (broad SMARTS) is 2. The summed E-state index contributed by atoms with van der Waals surface area (Å²) in [5, 5.41) is 20.8. The van der Waals surface area contributed by atoms with E-state index in [1.807, 2.05) is 0 Å². The third-order valence-corrected chi connectivity index (χ3v) is 1.55. The second-order valence-corrected chi connectivity index (χ2v) is 2.66. The Bertz CT molecular complexity index is 346. The molecule has 0 saturated heterocycles. The van der Waals surface area contributed by atoms with Crippen molar-refractivity contribution in [2.45, 2.75) is 6.92 Å². The van der Waals surface area contributed by atoms with Crippen molar-refractivity contribution in [3.05, 3.63) is 34.9 Å². The van der Waals surface area contributed by atoms with Crippen LogP contribution in [0.1, 0.15) is 26.3 Å². The second kappa shape index (κ2) is 9.18. The molecule has 0 atom stereocenters. The number of aromatic carboxylic acids is 2. The summed E-state index contributed by atoms with van der Waals surface area (Å²) in [6.07, 6.45) is 0. The van der Waals surface area contributed by atoms with Gasteiger partial charge in [-0.2, -0.15) is 0 Å². The Morgan fingerprint density at radius 3 is 1.50 bits per heavy atom. The molecule has 0 aromatic heterocycles. The summed E-state index contributed by atoms with van der Waals surface area (Å²) in [4.78, 5) is 20.8. The minimum absolute atomic E-state index is 0. The maximum absolute atomic E-state index is 10.4. The van der Waals surface area contributed by atoms with E-state index in [2.05, 4.69) is 0 Å². The Labute approximate surface area is 137 Å². The van der Waals surface area contributed by atoms with Crippen molar-refractivity contribution in [1.29, 1.82) is 0 Å². The zero-order valence-electron chi connectivity index (χ0n) is 9.37. The standard InChI is InChI=1S/C9H8O4.2Na.H2O/c1-5-2-6(8(10)11)4-7(3-5)9(12)13;;;/h2-4H,1H3,(H,10,11)(H,12,13);;;1H2/q;2*+1;/p-2. The van der Waals surface area contributed by atoms with Crippen molar-refractivity contribution >= 4 is 11.9 Å². The van der Waals surface area contributed by atoms with Crippen LogP contribution in [-0.4, -0.2) is 17.4 Å². The number of benzene rings is 1. The molecule has 0 heterocycles. The topological polar surface area (TPSA) is 112 Å². The minimum atomic E-state index is -1.40. The van der Waals surface area contributed by atoms with Gasteiger partial charge in [-0.05, 0) is 29.7 Å². The average molecular weight is 242 g/mol. The van der Waals surface area contributed by atoms with Crippen LogP contribution in [0.3, 0.4) is 0 Å². The third-order valence-electron chi connectivity index (χ3n) is 1.55. The largest absolute Gasteiger partial charge is 1.00 e. The van der Waals surface area contributed by atoms with Crippen molar-refractivity contribution in [3.8, 4) is 0 Å². The van der Waals surface area contributed by atoms with Crippen molar-refractivity contribution in [2.24, 2.45) is 0 Å². The van der Waals surface area contributed by atoms with Crippen LogP contribution in [0.25, 0.3) is 0 Å². The van der Waals surface area contributed by atoms with Gasteiger partial charge in [0.05, 0.1) is 11.9 Å². The van der Waals surface area contributed by atoms with E-state index in [-0.39, 0.29) is 75.7 Å². The summed E-state index contributed by atoms with van der Waals surface area (Å²) in [6.45, 7) is 1.60. The molecule has 2 N–H and O–H groups in total. The molecule has 0 bridgehead atoms. The molecule has 0 unspecified atom stereocenters. The van der Waals surface area contributed by atoms with Crippen LogP contribution >= 0.6 is 0 Å². The van der Waals surface area contributed by atoms with E-state index in [9.17, 15) is 19.8 Å². The number of carbonyl (C=O) groups is 2. The van der Waals surface area contributed by atoms with Gasteiger partial charge in [0.25, 0.3) is 0 Å². The number of aryl methyl sites for hydroxylation is 1. The zero-order chi connectivity index (χ0) is 10.0. The van der Waals surface area contributed by atoms with Crippen LogP contribution < -0.4 is 69.3 Å². The molecule has 0 fully saturated rings. The van der Waals surface area contributed by atoms with E-state index in [0.29, 0.717) is 5.56 Å². The average Bonchev–Trinajstić information content (AvgIpc) is 2.03. The van der Waals surface area contributed by atoms with Crippen molar-refractivity contribution in [3.63, 3.8) is 0 Å². The zero-order valence-corrected chi connectivity index (χ0v) is 13.4. The predicted molar refractivity (Wildman–Crippen MR) is 43.5 cm³/mol. The summed E-state index contributed by atoms with van der Waals surface area (Å²) < 4.78 is 0. The quantitative estimate of drug-likeness (QED) is 0.479. The van der Waals surface area contributed by atoms with Crippen molar-refractivity contribution in [1.82, 2.24) is 0 Å². The van der Waals surface area contributed by atoms with E-state index < -0.39 is 11.9 Å². The SMILES string of the molecule is Cc1cc(C(=O)[O-])cc(C(=O)[O-])c1.O.[Na+].[Na+]. The molecule has 7 heteroatoms. The fourth-order valence-electron chi connectivity index (χ4n) is 1.02. The molecule has 0 aliphatic heterocycles. The molecule has 5 nitrogen and oxygen atoms in total. The first-order valence-electron chi connectivity index (χ1n) is 3.55. The first-order valence-corrected chi connectivity index (χ1v) is 3.55. The number of rotatable bonds is 2. The van der Waals surface area contributed by atoms with Gasteiger partial charge in [-0.1, -0.05) is 12.1 Å². The van der Waals surface area contributed by atoms with Gasteiger partial charge >= 0.3 is 59.1 Å². The summed E-state index contributed by atoms with van der Waals surface area (Å²) in [6, 6.07) is 3.68. The van der Waals surface area contributed by atoms with E-state index in [1.54, 1.807) is 6.92 Å². The molecular weight excluding hydrogens is 234 g/mol. The van der Waals surface area contributed by atoms with Gasteiger partial charge in [-0.3, -0.25) is 0 Å². The maximum Gasteiger partial charge on any atom is 1.00 e. The van der Waals surface area contributed by atoms with Gasteiger partial charge < -0.3 is 25.3 Å². The molecule has 16 heavy (non-hydrogen) atoms. The Morgan fingerprint density at radius 1 is 0.938 bits per heavy atom. The molecule has 0 aliphatic carbocycles. The number of hydrogen-bond acceptors (Lipinski definition) is 4. The Balaban J connectivity index is -0.000000563. The van der Waals surface area contributed by atoms with Gasteiger partial charge in [0, 0.05) is 0 Å². The Hall–Kier alpha value is 0.120. The number of hydrogen-bond donors (Lipinski definition) is 0. The summed E-state index contributed by atoms with van der Waals surface area (Å²) >= 11 is 0. The number of carbonyl (C=O) groups excluding carboxylic acids is 2. The van der Waals surface area contributed by atoms with Gasteiger partial charge in [0.1, 0.15) is 0 Å².